The summed E-state index contributed by atoms with van der Waals surface area (Å²) in [5.74, 6) is 1.67. The number of aryl methyl sites for hydroxylation is 1. The second-order valence-electron chi connectivity index (χ2n) is 6.88. The van der Waals surface area contributed by atoms with E-state index < -0.39 is 9.84 Å². The van der Waals surface area contributed by atoms with Gasteiger partial charge in [0.15, 0.2) is 15.0 Å². The molecule has 0 bridgehead atoms. The predicted octanol–water partition coefficient (Wildman–Crippen LogP) is 2.91. The summed E-state index contributed by atoms with van der Waals surface area (Å²) in [7, 11) is -0.860. The summed E-state index contributed by atoms with van der Waals surface area (Å²) >= 11 is 1.74. The largest absolute Gasteiger partial charge is 0.309 e. The maximum Gasteiger partial charge on any atom is 0.191 e. The van der Waals surface area contributed by atoms with E-state index in [2.05, 4.69) is 41.4 Å². The summed E-state index contributed by atoms with van der Waals surface area (Å²) in [6, 6.07) is 10.5. The lowest BCUT2D eigenvalue weighted by molar-refractivity contribution is 0.552. The number of hydrogen-bond acceptors (Lipinski definition) is 5. The van der Waals surface area contributed by atoms with E-state index in [-0.39, 0.29) is 11.7 Å². The van der Waals surface area contributed by atoms with Crippen molar-refractivity contribution in [2.75, 3.05) is 11.5 Å². The van der Waals surface area contributed by atoms with E-state index in [9.17, 15) is 8.42 Å². The molecular weight excluding hydrogens is 354 g/mol. The first kappa shape index (κ1) is 18.5. The summed E-state index contributed by atoms with van der Waals surface area (Å²) in [5, 5.41) is 9.97. The van der Waals surface area contributed by atoms with Crippen LogP contribution in [0.25, 0.3) is 0 Å². The van der Waals surface area contributed by atoms with E-state index in [1.54, 1.807) is 11.8 Å². The molecule has 2 atom stereocenters. The van der Waals surface area contributed by atoms with Crippen molar-refractivity contribution >= 4 is 21.6 Å². The molecule has 1 saturated heterocycles. The van der Waals surface area contributed by atoms with Gasteiger partial charge in [0.1, 0.15) is 5.82 Å². The van der Waals surface area contributed by atoms with Crippen LogP contribution < -0.4 is 0 Å². The molecular formula is C18H25N3O2S2. The zero-order valence-electron chi connectivity index (χ0n) is 14.8. The van der Waals surface area contributed by atoms with E-state index in [1.807, 2.05) is 17.7 Å². The van der Waals surface area contributed by atoms with Crippen molar-refractivity contribution < 1.29 is 8.42 Å². The van der Waals surface area contributed by atoms with E-state index in [1.165, 1.54) is 5.56 Å². The van der Waals surface area contributed by atoms with Crippen LogP contribution in [0.1, 0.15) is 31.2 Å². The summed E-state index contributed by atoms with van der Waals surface area (Å²) < 4.78 is 25.2. The summed E-state index contributed by atoms with van der Waals surface area (Å²) in [6.45, 7) is 2.21. The Balaban J connectivity index is 1.54. The number of sulfone groups is 1. The number of thioether (sulfide) groups is 1. The molecule has 7 heteroatoms. The highest BCUT2D eigenvalue weighted by Gasteiger charge is 2.29. The fraction of sp³-hybridized carbons (Fsp3) is 0.556. The van der Waals surface area contributed by atoms with Crippen molar-refractivity contribution in [3.63, 3.8) is 0 Å². The Morgan fingerprint density at radius 1 is 1.28 bits per heavy atom. The van der Waals surface area contributed by atoms with Gasteiger partial charge in [0.25, 0.3) is 0 Å². The van der Waals surface area contributed by atoms with Crippen molar-refractivity contribution in [2.45, 2.75) is 43.0 Å². The lowest BCUT2D eigenvalue weighted by atomic mass is 10.1. The third-order valence-electron chi connectivity index (χ3n) is 4.71. The highest BCUT2D eigenvalue weighted by molar-refractivity contribution is 7.99. The normalized spacial score (nSPS) is 20.6. The highest BCUT2D eigenvalue weighted by atomic mass is 32.2. The van der Waals surface area contributed by atoms with E-state index in [4.69, 9.17) is 0 Å². The Bertz CT molecular complexity index is 803. The molecule has 3 rings (SSSR count). The molecule has 0 amide bonds. The molecule has 0 unspecified atom stereocenters. The Labute approximate surface area is 154 Å². The van der Waals surface area contributed by atoms with Gasteiger partial charge in [-0.1, -0.05) is 49.0 Å². The van der Waals surface area contributed by atoms with Gasteiger partial charge in [-0.05, 0) is 30.7 Å². The maximum atomic E-state index is 11.6. The third kappa shape index (κ3) is 5.07. The molecule has 1 aliphatic heterocycles. The molecule has 1 aliphatic rings. The maximum absolute atomic E-state index is 11.6. The van der Waals surface area contributed by atoms with Gasteiger partial charge in [0.05, 0.1) is 11.5 Å². The first-order valence-electron chi connectivity index (χ1n) is 8.72. The van der Waals surface area contributed by atoms with Crippen molar-refractivity contribution in [2.24, 2.45) is 13.0 Å². The Hall–Kier alpha value is -1.34. The first-order valence-corrected chi connectivity index (χ1v) is 11.4. The number of hydrogen-bond donors (Lipinski definition) is 0. The zero-order chi connectivity index (χ0) is 17.9. The van der Waals surface area contributed by atoms with Crippen LogP contribution in [0.2, 0.25) is 0 Å². The molecule has 1 aromatic heterocycles. The second kappa shape index (κ2) is 7.91. The van der Waals surface area contributed by atoms with Crippen LogP contribution in [0.3, 0.4) is 0 Å². The number of aromatic nitrogens is 3. The van der Waals surface area contributed by atoms with Crippen molar-refractivity contribution in [3.8, 4) is 0 Å². The summed E-state index contributed by atoms with van der Waals surface area (Å²) in [6.07, 6.45) is 3.57. The van der Waals surface area contributed by atoms with Crippen molar-refractivity contribution in [3.05, 3.63) is 41.7 Å². The van der Waals surface area contributed by atoms with E-state index in [0.717, 1.165) is 30.2 Å². The minimum atomic E-state index is -2.84. The predicted molar refractivity (Wildman–Crippen MR) is 102 cm³/mol. The Morgan fingerprint density at radius 2 is 2.04 bits per heavy atom. The van der Waals surface area contributed by atoms with Gasteiger partial charge >= 0.3 is 0 Å². The minimum Gasteiger partial charge on any atom is -0.309 e. The molecule has 0 aliphatic carbocycles. The van der Waals surface area contributed by atoms with Gasteiger partial charge in [0.2, 0.25) is 0 Å². The molecule has 1 fully saturated rings. The van der Waals surface area contributed by atoms with Gasteiger partial charge in [-0.15, -0.1) is 10.2 Å². The fourth-order valence-electron chi connectivity index (χ4n) is 3.17. The fourth-order valence-corrected chi connectivity index (χ4v) is 5.98. The van der Waals surface area contributed by atoms with Gasteiger partial charge in [0, 0.05) is 18.7 Å². The standard InChI is InChI=1S/C18H25N3O2S2/c1-14(8-9-15-6-4-3-5-7-15)24-18-20-19-17(21(18)2)12-16-10-11-25(22,23)13-16/h3-7,14,16H,8-13H2,1-2H3/t14-,16-/m0/s1. The first-order chi connectivity index (χ1) is 11.9. The van der Waals surface area contributed by atoms with Gasteiger partial charge < -0.3 is 4.57 Å². The van der Waals surface area contributed by atoms with Crippen LogP contribution in [-0.4, -0.2) is 39.9 Å². The molecule has 2 aromatic rings. The van der Waals surface area contributed by atoms with Crippen LogP contribution in [0.15, 0.2) is 35.5 Å². The summed E-state index contributed by atoms with van der Waals surface area (Å²) in [4.78, 5) is 0. The third-order valence-corrected chi connectivity index (χ3v) is 7.75. The lowest BCUT2D eigenvalue weighted by Crippen LogP contribution is -2.11. The smallest absolute Gasteiger partial charge is 0.191 e. The second-order valence-corrected chi connectivity index (χ2v) is 10.5. The molecule has 0 saturated carbocycles. The molecule has 1 aromatic carbocycles. The number of rotatable bonds is 7. The number of nitrogens with zero attached hydrogens (tertiary/aromatic N) is 3. The van der Waals surface area contributed by atoms with Crippen LogP contribution in [0.4, 0.5) is 0 Å². The molecule has 0 spiro atoms. The Morgan fingerprint density at radius 3 is 2.72 bits per heavy atom. The topological polar surface area (TPSA) is 64.8 Å². The minimum absolute atomic E-state index is 0.182. The van der Waals surface area contributed by atoms with E-state index >= 15 is 0 Å². The van der Waals surface area contributed by atoms with Crippen LogP contribution >= 0.6 is 11.8 Å². The van der Waals surface area contributed by atoms with Crippen LogP contribution in [0.5, 0.6) is 0 Å². The van der Waals surface area contributed by atoms with Crippen molar-refractivity contribution in [1.82, 2.24) is 14.8 Å². The molecule has 25 heavy (non-hydrogen) atoms. The molecule has 0 N–H and O–H groups in total. The SMILES string of the molecule is C[C@@H](CCc1ccccc1)Sc1nnc(C[C@@H]2CCS(=O)(=O)C2)n1C. The molecule has 2 heterocycles. The monoisotopic (exact) mass is 379 g/mol. The van der Waals surface area contributed by atoms with Gasteiger partial charge in [-0.25, -0.2) is 8.42 Å². The number of benzene rings is 1. The zero-order valence-corrected chi connectivity index (χ0v) is 16.4. The molecule has 0 radical (unpaired) electrons. The van der Waals surface area contributed by atoms with E-state index in [0.29, 0.717) is 17.4 Å². The average molecular weight is 380 g/mol. The summed E-state index contributed by atoms with van der Waals surface area (Å²) in [5.41, 5.74) is 1.36. The van der Waals surface area contributed by atoms with Crippen LogP contribution in [-0.2, 0) is 29.7 Å². The van der Waals surface area contributed by atoms with Crippen molar-refractivity contribution in [1.29, 1.82) is 0 Å². The highest BCUT2D eigenvalue weighted by Crippen LogP contribution is 2.27. The molecule has 5 nitrogen and oxygen atoms in total. The molecule has 136 valence electrons. The van der Waals surface area contributed by atoms with Gasteiger partial charge in [-0.3, -0.25) is 0 Å². The van der Waals surface area contributed by atoms with Gasteiger partial charge in [-0.2, -0.15) is 0 Å². The lowest BCUT2D eigenvalue weighted by Gasteiger charge is -2.11. The quantitative estimate of drug-likeness (QED) is 0.692. The van der Waals surface area contributed by atoms with Crippen LogP contribution in [0, 0.1) is 5.92 Å². The Kier molecular flexibility index (Phi) is 5.84. The average Bonchev–Trinajstić information content (AvgIpc) is 3.10.